The smallest absolute Gasteiger partial charge is 0.237 e. The lowest BCUT2D eigenvalue weighted by Gasteiger charge is -2.27. The van der Waals surface area contributed by atoms with Gasteiger partial charge < -0.3 is 15.8 Å². The van der Waals surface area contributed by atoms with Crippen LogP contribution in [0.3, 0.4) is 0 Å². The number of rotatable bonds is 7. The van der Waals surface area contributed by atoms with Crippen molar-refractivity contribution in [3.05, 3.63) is 71.3 Å². The Bertz CT molecular complexity index is 710. The standard InChI is InChI=1S/C21H27N3O2.2ClH/c22-20(14-17-6-2-1-3-7-17)21(25)23-15-18-8-4-5-9-19(18)16-24-10-12-26-13-11-24;;/h1-9,20H,10-16,22H2,(H,23,25);2*1H. The Morgan fingerprint density at radius 2 is 1.61 bits per heavy atom. The van der Waals surface area contributed by atoms with Gasteiger partial charge in [0.2, 0.25) is 5.91 Å². The first kappa shape index (κ1) is 24.4. The highest BCUT2D eigenvalue weighted by Gasteiger charge is 2.16. The second-order valence-corrected chi connectivity index (χ2v) is 6.67. The topological polar surface area (TPSA) is 67.6 Å². The summed E-state index contributed by atoms with van der Waals surface area (Å²) in [5, 5.41) is 2.99. The molecule has 0 aliphatic carbocycles. The van der Waals surface area contributed by atoms with Crippen LogP contribution in [-0.2, 0) is 29.0 Å². The molecule has 1 fully saturated rings. The van der Waals surface area contributed by atoms with Crippen molar-refractivity contribution < 1.29 is 9.53 Å². The number of benzene rings is 2. The minimum Gasteiger partial charge on any atom is -0.379 e. The molecule has 1 aliphatic heterocycles. The summed E-state index contributed by atoms with van der Waals surface area (Å²) in [5.41, 5.74) is 9.52. The van der Waals surface area contributed by atoms with E-state index in [1.165, 1.54) is 5.56 Å². The molecule has 154 valence electrons. The van der Waals surface area contributed by atoms with Gasteiger partial charge in [0.05, 0.1) is 19.3 Å². The summed E-state index contributed by atoms with van der Waals surface area (Å²) >= 11 is 0. The quantitative estimate of drug-likeness (QED) is 0.714. The van der Waals surface area contributed by atoms with Gasteiger partial charge in [-0.25, -0.2) is 0 Å². The van der Waals surface area contributed by atoms with Gasteiger partial charge >= 0.3 is 0 Å². The molecule has 3 N–H and O–H groups in total. The Labute approximate surface area is 179 Å². The Kier molecular flexibility index (Phi) is 11.1. The van der Waals surface area contributed by atoms with Gasteiger partial charge in [0, 0.05) is 26.2 Å². The molecule has 1 aliphatic rings. The molecular weight excluding hydrogens is 397 g/mol. The molecule has 28 heavy (non-hydrogen) atoms. The van der Waals surface area contributed by atoms with E-state index in [1.807, 2.05) is 42.5 Å². The van der Waals surface area contributed by atoms with E-state index in [1.54, 1.807) is 0 Å². The van der Waals surface area contributed by atoms with Crippen LogP contribution in [0.25, 0.3) is 0 Å². The number of morpholine rings is 1. The van der Waals surface area contributed by atoms with Gasteiger partial charge in [-0.3, -0.25) is 9.69 Å². The molecule has 3 rings (SSSR count). The molecule has 1 amide bonds. The number of amides is 1. The molecule has 1 heterocycles. The Hall–Kier alpha value is -1.63. The molecule has 1 atom stereocenters. The number of nitrogens with one attached hydrogen (secondary N) is 1. The van der Waals surface area contributed by atoms with E-state index >= 15 is 0 Å². The van der Waals surface area contributed by atoms with Crippen LogP contribution in [-0.4, -0.2) is 43.2 Å². The number of carbonyl (C=O) groups is 1. The van der Waals surface area contributed by atoms with Crippen molar-refractivity contribution in [2.75, 3.05) is 26.3 Å². The second kappa shape index (κ2) is 12.8. The molecule has 5 nitrogen and oxygen atoms in total. The van der Waals surface area contributed by atoms with Gasteiger partial charge in [-0.05, 0) is 23.1 Å². The van der Waals surface area contributed by atoms with Crippen molar-refractivity contribution in [1.82, 2.24) is 10.2 Å². The number of nitrogens with zero attached hydrogens (tertiary/aromatic N) is 1. The molecule has 0 saturated carbocycles. The summed E-state index contributed by atoms with van der Waals surface area (Å²) in [5.74, 6) is -0.116. The zero-order valence-electron chi connectivity index (χ0n) is 15.9. The molecule has 1 unspecified atom stereocenters. The van der Waals surface area contributed by atoms with E-state index in [2.05, 4.69) is 22.3 Å². The molecule has 0 aromatic heterocycles. The maximum atomic E-state index is 12.4. The van der Waals surface area contributed by atoms with Crippen molar-refractivity contribution in [3.8, 4) is 0 Å². The average Bonchev–Trinajstić information content (AvgIpc) is 2.68. The first-order valence-corrected chi connectivity index (χ1v) is 9.16. The average molecular weight is 426 g/mol. The van der Waals surface area contributed by atoms with Crippen LogP contribution in [0, 0.1) is 0 Å². The number of hydrogen-bond acceptors (Lipinski definition) is 4. The van der Waals surface area contributed by atoms with Crippen LogP contribution in [0.5, 0.6) is 0 Å². The van der Waals surface area contributed by atoms with Crippen LogP contribution in [0.4, 0.5) is 0 Å². The fourth-order valence-corrected chi connectivity index (χ4v) is 3.16. The van der Waals surface area contributed by atoms with Crippen molar-refractivity contribution in [1.29, 1.82) is 0 Å². The molecular formula is C21H29Cl2N3O2. The van der Waals surface area contributed by atoms with Gasteiger partial charge in [0.15, 0.2) is 0 Å². The predicted molar refractivity (Wildman–Crippen MR) is 117 cm³/mol. The lowest BCUT2D eigenvalue weighted by Crippen LogP contribution is -2.42. The third-order valence-electron chi connectivity index (χ3n) is 4.70. The fraction of sp³-hybridized carbons (Fsp3) is 0.381. The lowest BCUT2D eigenvalue weighted by atomic mass is 10.0. The van der Waals surface area contributed by atoms with Gasteiger partial charge in [-0.2, -0.15) is 0 Å². The zero-order chi connectivity index (χ0) is 18.2. The van der Waals surface area contributed by atoms with Crippen LogP contribution >= 0.6 is 24.8 Å². The molecule has 0 bridgehead atoms. The zero-order valence-corrected chi connectivity index (χ0v) is 17.5. The molecule has 7 heteroatoms. The first-order valence-electron chi connectivity index (χ1n) is 9.16. The summed E-state index contributed by atoms with van der Waals surface area (Å²) in [6, 6.07) is 17.6. The number of hydrogen-bond donors (Lipinski definition) is 2. The summed E-state index contributed by atoms with van der Waals surface area (Å²) in [6.07, 6.45) is 0.544. The number of nitrogens with two attached hydrogens (primary N) is 1. The normalized spacial score (nSPS) is 15.0. The molecule has 1 saturated heterocycles. The van der Waals surface area contributed by atoms with Gasteiger partial charge in [-0.1, -0.05) is 54.6 Å². The number of halogens is 2. The third kappa shape index (κ3) is 7.41. The van der Waals surface area contributed by atoms with Crippen molar-refractivity contribution in [2.45, 2.75) is 25.6 Å². The molecule has 2 aromatic carbocycles. The van der Waals surface area contributed by atoms with E-state index in [9.17, 15) is 4.79 Å². The molecule has 0 radical (unpaired) electrons. The second-order valence-electron chi connectivity index (χ2n) is 6.67. The summed E-state index contributed by atoms with van der Waals surface area (Å²) in [7, 11) is 0. The van der Waals surface area contributed by atoms with Crippen LogP contribution < -0.4 is 11.1 Å². The van der Waals surface area contributed by atoms with Crippen molar-refractivity contribution in [3.63, 3.8) is 0 Å². The van der Waals surface area contributed by atoms with Crippen molar-refractivity contribution >= 4 is 30.7 Å². The highest BCUT2D eigenvalue weighted by atomic mass is 35.5. The minimum atomic E-state index is -0.538. The summed E-state index contributed by atoms with van der Waals surface area (Å²) in [4.78, 5) is 14.7. The van der Waals surface area contributed by atoms with E-state index in [4.69, 9.17) is 10.5 Å². The van der Waals surface area contributed by atoms with E-state index in [-0.39, 0.29) is 30.7 Å². The Morgan fingerprint density at radius 1 is 1.00 bits per heavy atom. The van der Waals surface area contributed by atoms with Gasteiger partial charge in [0.1, 0.15) is 0 Å². The maximum absolute atomic E-state index is 12.4. The van der Waals surface area contributed by atoms with Gasteiger partial charge in [0.25, 0.3) is 0 Å². The summed E-state index contributed by atoms with van der Waals surface area (Å²) < 4.78 is 5.41. The number of ether oxygens (including phenoxy) is 1. The first-order chi connectivity index (χ1) is 12.7. The third-order valence-corrected chi connectivity index (χ3v) is 4.70. The van der Waals surface area contributed by atoms with Gasteiger partial charge in [-0.15, -0.1) is 24.8 Å². The monoisotopic (exact) mass is 425 g/mol. The Balaban J connectivity index is 0.00000196. The van der Waals surface area contributed by atoms with E-state index in [0.717, 1.165) is 44.0 Å². The van der Waals surface area contributed by atoms with E-state index in [0.29, 0.717) is 13.0 Å². The fourth-order valence-electron chi connectivity index (χ4n) is 3.16. The highest BCUT2D eigenvalue weighted by molar-refractivity contribution is 5.85. The summed E-state index contributed by atoms with van der Waals surface area (Å²) in [6.45, 7) is 4.85. The highest BCUT2D eigenvalue weighted by Crippen LogP contribution is 2.13. The largest absolute Gasteiger partial charge is 0.379 e. The molecule has 0 spiro atoms. The van der Waals surface area contributed by atoms with Crippen LogP contribution in [0.1, 0.15) is 16.7 Å². The Morgan fingerprint density at radius 3 is 2.29 bits per heavy atom. The number of carbonyl (C=O) groups excluding carboxylic acids is 1. The SMILES string of the molecule is Cl.Cl.NC(Cc1ccccc1)C(=O)NCc1ccccc1CN1CCOCC1. The predicted octanol–water partition coefficient (Wildman–Crippen LogP) is 2.55. The van der Waals surface area contributed by atoms with Crippen LogP contribution in [0.2, 0.25) is 0 Å². The molecule has 2 aromatic rings. The van der Waals surface area contributed by atoms with Crippen molar-refractivity contribution in [2.24, 2.45) is 5.73 Å². The lowest BCUT2D eigenvalue weighted by molar-refractivity contribution is -0.122. The maximum Gasteiger partial charge on any atom is 0.237 e. The van der Waals surface area contributed by atoms with Crippen LogP contribution in [0.15, 0.2) is 54.6 Å². The minimum absolute atomic E-state index is 0. The van der Waals surface area contributed by atoms with E-state index < -0.39 is 6.04 Å².